The lowest BCUT2D eigenvalue weighted by Crippen LogP contribution is -2.16. The molecular weight excluding hydrogens is 580 g/mol. The van der Waals surface area contributed by atoms with Crippen molar-refractivity contribution in [1.29, 1.82) is 0 Å². The number of ether oxygens (including phenoxy) is 1. The molecule has 5 rings (SSSR count). The van der Waals surface area contributed by atoms with Crippen molar-refractivity contribution in [3.8, 4) is 22.5 Å². The molecule has 0 saturated carbocycles. The Hall–Kier alpha value is -4.31. The van der Waals surface area contributed by atoms with E-state index in [1.54, 1.807) is 17.7 Å². The van der Waals surface area contributed by atoms with E-state index in [-0.39, 0.29) is 34.9 Å². The van der Waals surface area contributed by atoms with E-state index in [2.05, 4.69) is 35.3 Å². The number of aromatic nitrogens is 9. The molecule has 1 unspecified atom stereocenters. The molecule has 0 spiro atoms. The third-order valence-corrected chi connectivity index (χ3v) is 6.35. The third-order valence-electron chi connectivity index (χ3n) is 6.06. The van der Waals surface area contributed by atoms with Crippen LogP contribution in [0.15, 0.2) is 55.4 Å². The quantitative estimate of drug-likeness (QED) is 0.208. The number of aryl methyl sites for hydroxylation is 1. The first-order valence-electron chi connectivity index (χ1n) is 11.8. The van der Waals surface area contributed by atoms with Crippen molar-refractivity contribution in [2.75, 3.05) is 6.61 Å². The van der Waals surface area contributed by atoms with Crippen molar-refractivity contribution in [2.24, 2.45) is 0 Å². The minimum atomic E-state index is -4.75. The molecule has 0 aliphatic rings. The molecule has 1 aromatic carbocycles. The smallest absolute Gasteiger partial charge is 0.323 e. The minimum absolute atomic E-state index is 0.0505. The maximum atomic E-state index is 15.3. The van der Waals surface area contributed by atoms with Crippen LogP contribution in [0.2, 0.25) is 5.02 Å². The van der Waals surface area contributed by atoms with Gasteiger partial charge in [0.15, 0.2) is 11.5 Å². The molecule has 0 bridgehead atoms. The summed E-state index contributed by atoms with van der Waals surface area (Å²) in [5.41, 5.74) is -0.353. The van der Waals surface area contributed by atoms with Crippen LogP contribution in [0, 0.1) is 12.7 Å². The molecule has 214 valence electrons. The molecule has 0 N–H and O–H groups in total. The van der Waals surface area contributed by atoms with Gasteiger partial charge in [-0.3, -0.25) is 14.2 Å². The summed E-state index contributed by atoms with van der Waals surface area (Å²) < 4.78 is 88.3. The number of nitrogens with zero attached hydrogens (tertiary/aromatic N) is 9. The van der Waals surface area contributed by atoms with Crippen LogP contribution in [0.25, 0.3) is 22.5 Å². The van der Waals surface area contributed by atoms with Crippen molar-refractivity contribution in [2.45, 2.75) is 32.2 Å². The second kappa shape index (κ2) is 11.3. The van der Waals surface area contributed by atoms with Gasteiger partial charge in [-0.25, -0.2) is 9.07 Å². The second-order valence-corrected chi connectivity index (χ2v) is 9.04. The lowest BCUT2D eigenvalue weighted by Gasteiger charge is -2.18. The predicted molar refractivity (Wildman–Crippen MR) is 131 cm³/mol. The topological polar surface area (TPSA) is 101 Å². The van der Waals surface area contributed by atoms with Crippen LogP contribution in [-0.4, -0.2) is 57.7 Å². The maximum absolute atomic E-state index is 15.3. The zero-order valence-corrected chi connectivity index (χ0v) is 21.6. The average Bonchev–Trinajstić information content (AvgIpc) is 3.69. The SMILES string of the molecule is Cc1nncn1-c1cnn(C(CCOC(F)F)c2ccc(-c3c(-n4cc(C(F)(F)F)nn4)ccc(Cl)c3F)cn2)c1. The lowest BCUT2D eigenvalue weighted by molar-refractivity contribution is -0.141. The number of halogens is 7. The highest BCUT2D eigenvalue weighted by atomic mass is 35.5. The normalized spacial score (nSPS) is 12.8. The van der Waals surface area contributed by atoms with Crippen LogP contribution in [0.1, 0.15) is 29.7 Å². The summed E-state index contributed by atoms with van der Waals surface area (Å²) in [6.07, 6.45) is 1.88. The fourth-order valence-electron chi connectivity index (χ4n) is 4.12. The first-order valence-corrected chi connectivity index (χ1v) is 12.2. The number of rotatable bonds is 9. The van der Waals surface area contributed by atoms with E-state index >= 15 is 4.39 Å². The van der Waals surface area contributed by atoms with Gasteiger partial charge < -0.3 is 4.74 Å². The van der Waals surface area contributed by atoms with Crippen LogP contribution < -0.4 is 0 Å². The van der Waals surface area contributed by atoms with Crippen molar-refractivity contribution in [3.63, 3.8) is 0 Å². The summed E-state index contributed by atoms with van der Waals surface area (Å²) in [4.78, 5) is 4.40. The van der Waals surface area contributed by atoms with Gasteiger partial charge in [-0.2, -0.15) is 27.1 Å². The summed E-state index contributed by atoms with van der Waals surface area (Å²) >= 11 is 5.98. The molecule has 5 aromatic rings. The van der Waals surface area contributed by atoms with Gasteiger partial charge in [-0.15, -0.1) is 15.3 Å². The van der Waals surface area contributed by atoms with E-state index in [1.807, 2.05) is 0 Å². The minimum Gasteiger partial charge on any atom is -0.323 e. The molecular formula is C24H18ClF6N9O. The average molecular weight is 598 g/mol. The summed E-state index contributed by atoms with van der Waals surface area (Å²) in [5.74, 6) is -0.315. The van der Waals surface area contributed by atoms with Crippen molar-refractivity contribution >= 4 is 11.6 Å². The van der Waals surface area contributed by atoms with Crippen LogP contribution in [0.4, 0.5) is 26.3 Å². The fraction of sp³-hybridized carbons (Fsp3) is 0.250. The molecule has 0 aliphatic heterocycles. The Kier molecular flexibility index (Phi) is 7.77. The third kappa shape index (κ3) is 5.92. The highest BCUT2D eigenvalue weighted by molar-refractivity contribution is 6.31. The van der Waals surface area contributed by atoms with E-state index in [4.69, 9.17) is 11.6 Å². The molecule has 1 atom stereocenters. The Morgan fingerprint density at radius 1 is 1.05 bits per heavy atom. The number of pyridine rings is 1. The molecule has 10 nitrogen and oxygen atoms in total. The largest absolute Gasteiger partial charge is 0.436 e. The fourth-order valence-corrected chi connectivity index (χ4v) is 4.28. The number of hydrogen-bond acceptors (Lipinski definition) is 7. The van der Waals surface area contributed by atoms with E-state index < -0.39 is 30.3 Å². The molecule has 41 heavy (non-hydrogen) atoms. The van der Waals surface area contributed by atoms with Gasteiger partial charge in [0.2, 0.25) is 0 Å². The van der Waals surface area contributed by atoms with Crippen LogP contribution in [0.3, 0.4) is 0 Å². The maximum Gasteiger partial charge on any atom is 0.436 e. The first-order chi connectivity index (χ1) is 19.5. The molecule has 4 aromatic heterocycles. The zero-order valence-electron chi connectivity index (χ0n) is 20.8. The Morgan fingerprint density at radius 3 is 2.49 bits per heavy atom. The molecule has 0 radical (unpaired) electrons. The predicted octanol–water partition coefficient (Wildman–Crippen LogP) is 5.44. The number of hydrogen-bond donors (Lipinski definition) is 0. The Morgan fingerprint density at radius 2 is 1.85 bits per heavy atom. The molecule has 0 fully saturated rings. The van der Waals surface area contributed by atoms with Gasteiger partial charge in [-0.1, -0.05) is 22.9 Å². The number of benzene rings is 1. The van der Waals surface area contributed by atoms with Gasteiger partial charge >= 0.3 is 12.8 Å². The van der Waals surface area contributed by atoms with E-state index in [9.17, 15) is 22.0 Å². The van der Waals surface area contributed by atoms with Crippen LogP contribution in [-0.2, 0) is 10.9 Å². The Balaban J connectivity index is 1.51. The Bertz CT molecular complexity index is 1650. The summed E-state index contributed by atoms with van der Waals surface area (Å²) in [7, 11) is 0. The van der Waals surface area contributed by atoms with Crippen molar-refractivity contribution < 1.29 is 31.1 Å². The van der Waals surface area contributed by atoms with Crippen molar-refractivity contribution in [1.82, 2.24) is 44.5 Å². The molecule has 4 heterocycles. The standard InChI is InChI=1S/C24H18ClF6N9O/c1-13-35-33-12-38(13)15-9-34-39(10-15)18(6-7-41-23(27)28)17-4-2-14(8-32-17)21-19(5-3-16(25)22(21)26)40-11-20(36-37-40)24(29,30)31/h2-5,8-12,18,23H,6-7H2,1H3. The molecule has 0 saturated heterocycles. The second-order valence-electron chi connectivity index (χ2n) is 8.64. The molecule has 0 aliphatic carbocycles. The number of alkyl halides is 5. The van der Waals surface area contributed by atoms with Gasteiger partial charge in [-0.05, 0) is 31.5 Å². The monoisotopic (exact) mass is 597 g/mol. The van der Waals surface area contributed by atoms with E-state index in [1.165, 1.54) is 47.7 Å². The summed E-state index contributed by atoms with van der Waals surface area (Å²) in [5, 5.41) is 18.4. The van der Waals surface area contributed by atoms with E-state index in [0.29, 0.717) is 23.4 Å². The van der Waals surface area contributed by atoms with Gasteiger partial charge in [0.05, 0.1) is 47.1 Å². The highest BCUT2D eigenvalue weighted by Crippen LogP contribution is 2.35. The molecule has 0 amide bonds. The van der Waals surface area contributed by atoms with Crippen LogP contribution >= 0.6 is 11.6 Å². The van der Waals surface area contributed by atoms with E-state index in [0.717, 1.165) is 4.68 Å². The summed E-state index contributed by atoms with van der Waals surface area (Å²) in [6, 6.07) is 4.78. The highest BCUT2D eigenvalue weighted by Gasteiger charge is 2.35. The van der Waals surface area contributed by atoms with Gasteiger partial charge in [0.1, 0.15) is 12.2 Å². The summed E-state index contributed by atoms with van der Waals surface area (Å²) in [6.45, 7) is -1.56. The molecule has 17 heteroatoms. The van der Waals surface area contributed by atoms with Gasteiger partial charge in [0.25, 0.3) is 0 Å². The Labute approximate surface area is 232 Å². The lowest BCUT2D eigenvalue weighted by atomic mass is 10.0. The first kappa shape index (κ1) is 28.2. The van der Waals surface area contributed by atoms with Gasteiger partial charge in [0, 0.05) is 23.5 Å². The van der Waals surface area contributed by atoms with Crippen LogP contribution in [0.5, 0.6) is 0 Å². The van der Waals surface area contributed by atoms with Crippen molar-refractivity contribution in [3.05, 3.63) is 83.4 Å². The zero-order chi connectivity index (χ0) is 29.3.